The quantitative estimate of drug-likeness (QED) is 0.653. The highest BCUT2D eigenvalue weighted by Crippen LogP contribution is 2.28. The Morgan fingerprint density at radius 1 is 1.07 bits per heavy atom. The summed E-state index contributed by atoms with van der Waals surface area (Å²) in [6.07, 6.45) is 3.19. The van der Waals surface area contributed by atoms with Crippen LogP contribution in [0.25, 0.3) is 10.9 Å². The Morgan fingerprint density at radius 2 is 1.86 bits per heavy atom. The monoisotopic (exact) mass is 394 g/mol. The molecule has 0 saturated carbocycles. The zero-order valence-corrected chi connectivity index (χ0v) is 17.1. The minimum Gasteiger partial charge on any atom is -0.474 e. The predicted octanol–water partition coefficient (Wildman–Crippen LogP) is 1.83. The van der Waals surface area contributed by atoms with Crippen molar-refractivity contribution in [2.45, 2.75) is 26.5 Å². The van der Waals surface area contributed by atoms with Crippen LogP contribution < -0.4 is 15.2 Å². The predicted molar refractivity (Wildman–Crippen MR) is 112 cm³/mol. The van der Waals surface area contributed by atoms with Crippen molar-refractivity contribution in [2.75, 3.05) is 31.1 Å². The molecule has 0 amide bonds. The Bertz CT molecular complexity index is 1060. The summed E-state index contributed by atoms with van der Waals surface area (Å²) in [5.41, 5.74) is 2.83. The second-order valence-corrected chi connectivity index (χ2v) is 7.64. The van der Waals surface area contributed by atoms with Gasteiger partial charge in [0, 0.05) is 51.5 Å². The van der Waals surface area contributed by atoms with Gasteiger partial charge in [-0.15, -0.1) is 0 Å². The van der Waals surface area contributed by atoms with Crippen molar-refractivity contribution in [2.24, 2.45) is 7.05 Å². The third kappa shape index (κ3) is 4.37. The third-order valence-corrected chi connectivity index (χ3v) is 5.09. The maximum absolute atomic E-state index is 11.8. The number of anilines is 1. The summed E-state index contributed by atoms with van der Waals surface area (Å²) in [5.74, 6) is 0.627. The van der Waals surface area contributed by atoms with Gasteiger partial charge in [0.2, 0.25) is 5.88 Å². The van der Waals surface area contributed by atoms with Gasteiger partial charge < -0.3 is 14.2 Å². The molecule has 0 radical (unpaired) electrons. The van der Waals surface area contributed by atoms with Gasteiger partial charge in [-0.1, -0.05) is 0 Å². The van der Waals surface area contributed by atoms with Crippen molar-refractivity contribution in [3.8, 4) is 5.88 Å². The van der Waals surface area contributed by atoms with E-state index in [1.54, 1.807) is 25.8 Å². The molecule has 0 spiro atoms. The summed E-state index contributed by atoms with van der Waals surface area (Å²) >= 11 is 0. The van der Waals surface area contributed by atoms with Crippen LogP contribution in [0.4, 0.5) is 5.69 Å². The van der Waals surface area contributed by atoms with Crippen LogP contribution in [0.5, 0.6) is 5.88 Å². The van der Waals surface area contributed by atoms with Crippen molar-refractivity contribution in [3.05, 3.63) is 53.0 Å². The highest BCUT2D eigenvalue weighted by atomic mass is 16.5. The Labute approximate surface area is 169 Å². The van der Waals surface area contributed by atoms with E-state index in [9.17, 15) is 4.79 Å². The number of aryl methyl sites for hydroxylation is 1. The largest absolute Gasteiger partial charge is 0.474 e. The molecule has 1 saturated heterocycles. The molecule has 4 rings (SSSR count). The van der Waals surface area contributed by atoms with Gasteiger partial charge >= 0.3 is 0 Å². The molecular formula is C21H26N6O2. The van der Waals surface area contributed by atoms with Crippen LogP contribution >= 0.6 is 0 Å². The molecule has 0 aliphatic carbocycles. The number of hydrogen-bond donors (Lipinski definition) is 0. The fourth-order valence-electron chi connectivity index (χ4n) is 3.51. The van der Waals surface area contributed by atoms with Crippen LogP contribution in [-0.2, 0) is 13.6 Å². The smallest absolute Gasteiger partial charge is 0.253 e. The first kappa shape index (κ1) is 19.3. The van der Waals surface area contributed by atoms with Crippen LogP contribution in [-0.4, -0.2) is 56.7 Å². The zero-order valence-electron chi connectivity index (χ0n) is 17.1. The Hall–Kier alpha value is -3.00. The standard InChI is InChI=1S/C21H26N6O2/c1-15(2)29-21-18-11-17(4-5-19(18)22-13-23-21)27-8-6-26(7-9-27)12-16-10-20(28)25(3)14-24-16/h4-5,10-11,13-15H,6-9,12H2,1-3H3. The first-order chi connectivity index (χ1) is 14.0. The summed E-state index contributed by atoms with van der Waals surface area (Å²) in [5, 5.41) is 0.936. The van der Waals surface area contributed by atoms with Crippen LogP contribution in [0.15, 0.2) is 41.7 Å². The number of fused-ring (bicyclic) bond motifs is 1. The number of benzene rings is 1. The van der Waals surface area contributed by atoms with E-state index in [4.69, 9.17) is 4.74 Å². The summed E-state index contributed by atoms with van der Waals surface area (Å²) < 4.78 is 7.35. The molecule has 2 aromatic heterocycles. The lowest BCUT2D eigenvalue weighted by molar-refractivity contribution is 0.235. The van der Waals surface area contributed by atoms with E-state index in [-0.39, 0.29) is 11.7 Å². The van der Waals surface area contributed by atoms with E-state index >= 15 is 0 Å². The normalized spacial score (nSPS) is 15.2. The minimum atomic E-state index is -0.0218. The number of aromatic nitrogens is 4. The molecule has 1 aliphatic heterocycles. The van der Waals surface area contributed by atoms with E-state index in [1.807, 2.05) is 19.9 Å². The van der Waals surface area contributed by atoms with Gasteiger partial charge in [-0.2, -0.15) is 0 Å². The molecule has 3 heterocycles. The molecule has 0 atom stereocenters. The van der Waals surface area contributed by atoms with Crippen molar-refractivity contribution in [1.82, 2.24) is 24.4 Å². The summed E-state index contributed by atoms with van der Waals surface area (Å²) in [6.45, 7) is 8.32. The zero-order chi connectivity index (χ0) is 20.4. The third-order valence-electron chi connectivity index (χ3n) is 5.09. The number of rotatable bonds is 5. The number of ether oxygens (including phenoxy) is 1. The van der Waals surface area contributed by atoms with E-state index in [1.165, 1.54) is 4.57 Å². The lowest BCUT2D eigenvalue weighted by Gasteiger charge is -2.36. The molecule has 1 aromatic carbocycles. The lowest BCUT2D eigenvalue weighted by Crippen LogP contribution is -2.46. The maximum atomic E-state index is 11.8. The van der Waals surface area contributed by atoms with Gasteiger partial charge in [-0.3, -0.25) is 9.69 Å². The molecule has 0 N–H and O–H groups in total. The maximum Gasteiger partial charge on any atom is 0.253 e. The lowest BCUT2D eigenvalue weighted by atomic mass is 10.2. The van der Waals surface area contributed by atoms with Gasteiger partial charge in [0.05, 0.1) is 29.0 Å². The number of hydrogen-bond acceptors (Lipinski definition) is 7. The second-order valence-electron chi connectivity index (χ2n) is 7.64. The van der Waals surface area contributed by atoms with E-state index in [0.29, 0.717) is 12.4 Å². The van der Waals surface area contributed by atoms with Gasteiger partial charge in [0.15, 0.2) is 0 Å². The van der Waals surface area contributed by atoms with Crippen LogP contribution in [0.3, 0.4) is 0 Å². The van der Waals surface area contributed by atoms with E-state index < -0.39 is 0 Å². The number of nitrogens with zero attached hydrogens (tertiary/aromatic N) is 6. The first-order valence-corrected chi connectivity index (χ1v) is 9.90. The van der Waals surface area contributed by atoms with Crippen molar-refractivity contribution in [3.63, 3.8) is 0 Å². The Balaban J connectivity index is 1.46. The van der Waals surface area contributed by atoms with Gasteiger partial charge in [0.1, 0.15) is 6.33 Å². The van der Waals surface area contributed by atoms with E-state index in [0.717, 1.165) is 48.5 Å². The molecule has 0 unspecified atom stereocenters. The molecular weight excluding hydrogens is 368 g/mol. The molecule has 3 aromatic rings. The fraction of sp³-hybridized carbons (Fsp3) is 0.429. The molecule has 1 aliphatic rings. The highest BCUT2D eigenvalue weighted by molar-refractivity contribution is 5.86. The molecule has 152 valence electrons. The van der Waals surface area contributed by atoms with Gasteiger partial charge in [0.25, 0.3) is 5.56 Å². The van der Waals surface area contributed by atoms with Crippen molar-refractivity contribution >= 4 is 16.6 Å². The minimum absolute atomic E-state index is 0.0218. The molecule has 8 heteroatoms. The van der Waals surface area contributed by atoms with Crippen LogP contribution in [0.2, 0.25) is 0 Å². The van der Waals surface area contributed by atoms with Crippen LogP contribution in [0.1, 0.15) is 19.5 Å². The van der Waals surface area contributed by atoms with Crippen molar-refractivity contribution in [1.29, 1.82) is 0 Å². The molecule has 8 nitrogen and oxygen atoms in total. The fourth-order valence-corrected chi connectivity index (χ4v) is 3.51. The highest BCUT2D eigenvalue weighted by Gasteiger charge is 2.19. The molecule has 1 fully saturated rings. The first-order valence-electron chi connectivity index (χ1n) is 9.90. The average Bonchev–Trinajstić information content (AvgIpc) is 2.71. The Kier molecular flexibility index (Phi) is 5.44. The van der Waals surface area contributed by atoms with Gasteiger partial charge in [-0.05, 0) is 32.0 Å². The topological polar surface area (TPSA) is 76.4 Å². The summed E-state index contributed by atoms with van der Waals surface area (Å²) in [4.78, 5) is 29.5. The van der Waals surface area contributed by atoms with Crippen LogP contribution in [0, 0.1) is 0 Å². The van der Waals surface area contributed by atoms with Gasteiger partial charge in [-0.25, -0.2) is 15.0 Å². The van der Waals surface area contributed by atoms with E-state index in [2.05, 4.69) is 36.9 Å². The SMILES string of the molecule is CC(C)Oc1ncnc2ccc(N3CCN(Cc4cc(=O)n(C)cn4)CC3)cc12. The average molecular weight is 394 g/mol. The van der Waals surface area contributed by atoms with Crippen molar-refractivity contribution < 1.29 is 4.74 Å². The molecule has 0 bridgehead atoms. The summed E-state index contributed by atoms with van der Waals surface area (Å²) in [7, 11) is 1.71. The number of piperazine rings is 1. The Morgan fingerprint density at radius 3 is 2.59 bits per heavy atom. The second kappa shape index (κ2) is 8.16. The molecule has 29 heavy (non-hydrogen) atoms. The summed E-state index contributed by atoms with van der Waals surface area (Å²) in [6, 6.07) is 7.86.